The average molecular weight is 408 g/mol. The molecule has 162 valence electrons. The number of allylic oxidation sites excluding steroid dienone is 1. The van der Waals surface area contributed by atoms with Crippen molar-refractivity contribution < 1.29 is 28.5 Å². The monoisotopic (exact) mass is 408 g/mol. The average Bonchev–Trinajstić information content (AvgIpc) is 3.39. The number of hydrazine groups is 1. The summed E-state index contributed by atoms with van der Waals surface area (Å²) in [6.45, 7) is 11.2. The van der Waals surface area contributed by atoms with Gasteiger partial charge in [-0.05, 0) is 64.0 Å². The zero-order chi connectivity index (χ0) is 21.0. The Morgan fingerprint density at radius 3 is 2.10 bits per heavy atom. The lowest BCUT2D eigenvalue weighted by atomic mass is 10.0. The first kappa shape index (κ1) is 21.6. The molecule has 29 heavy (non-hydrogen) atoms. The van der Waals surface area contributed by atoms with Crippen molar-refractivity contribution in [3.8, 4) is 0 Å². The molecule has 2 aliphatic heterocycles. The molecule has 0 radical (unpaired) electrons. The fraction of sp³-hybridized carbons (Fsp3) is 0.714. The SMILES string of the molecule is C=C(CCCC=C1[C@H]2CC[C@@H]1N(C(=O)OCC)N2C(=O)OCC)C1(C)OCCO1. The van der Waals surface area contributed by atoms with Crippen molar-refractivity contribution in [3.63, 3.8) is 0 Å². The standard InChI is InChI=1S/C21H32N2O6/c1-5-26-19(24)22-17-11-12-18(23(22)20(25)27-6-2)16(17)10-8-7-9-15(3)21(4)28-13-14-29-21/h10,17-18H,3,5-9,11-14H2,1-2,4H3/t17-,18+. The Bertz CT molecular complexity index is 636. The molecule has 3 aliphatic rings. The third kappa shape index (κ3) is 4.28. The first-order valence-electron chi connectivity index (χ1n) is 10.5. The van der Waals surface area contributed by atoms with Crippen LogP contribution in [0.15, 0.2) is 23.8 Å². The third-order valence-electron chi connectivity index (χ3n) is 5.76. The number of amides is 2. The van der Waals surface area contributed by atoms with Crippen LogP contribution in [-0.2, 0) is 18.9 Å². The molecular weight excluding hydrogens is 376 g/mol. The van der Waals surface area contributed by atoms with Gasteiger partial charge in [-0.25, -0.2) is 19.6 Å². The molecule has 2 saturated heterocycles. The smallest absolute Gasteiger partial charge is 0.429 e. The summed E-state index contributed by atoms with van der Waals surface area (Å²) in [6.07, 6.45) is 5.28. The Morgan fingerprint density at radius 1 is 1.10 bits per heavy atom. The van der Waals surface area contributed by atoms with E-state index in [9.17, 15) is 9.59 Å². The maximum absolute atomic E-state index is 12.5. The van der Waals surface area contributed by atoms with Crippen molar-refractivity contribution >= 4 is 12.2 Å². The predicted octanol–water partition coefficient (Wildman–Crippen LogP) is 3.78. The molecule has 1 aliphatic carbocycles. The molecule has 0 spiro atoms. The van der Waals surface area contributed by atoms with Crippen molar-refractivity contribution in [3.05, 3.63) is 23.8 Å². The zero-order valence-electron chi connectivity index (χ0n) is 17.6. The Kier molecular flexibility index (Phi) is 6.85. The quantitative estimate of drug-likeness (QED) is 0.471. The molecule has 2 bridgehead atoms. The van der Waals surface area contributed by atoms with E-state index in [1.54, 1.807) is 13.8 Å². The van der Waals surface area contributed by atoms with Crippen molar-refractivity contribution in [2.75, 3.05) is 26.4 Å². The minimum atomic E-state index is -0.680. The maximum Gasteiger partial charge on any atom is 0.429 e. The second-order valence-corrected chi connectivity index (χ2v) is 7.54. The van der Waals surface area contributed by atoms with Gasteiger partial charge < -0.3 is 18.9 Å². The van der Waals surface area contributed by atoms with Gasteiger partial charge in [0.05, 0.1) is 38.5 Å². The van der Waals surface area contributed by atoms with Gasteiger partial charge in [0.25, 0.3) is 0 Å². The van der Waals surface area contributed by atoms with E-state index in [0.29, 0.717) is 13.2 Å². The molecule has 0 aromatic heterocycles. The molecule has 0 unspecified atom stereocenters. The number of carbonyl (C=O) groups is 2. The number of unbranched alkanes of at least 4 members (excludes halogenated alkanes) is 1. The highest BCUT2D eigenvalue weighted by molar-refractivity contribution is 5.77. The van der Waals surface area contributed by atoms with Gasteiger partial charge in [0.2, 0.25) is 0 Å². The van der Waals surface area contributed by atoms with Gasteiger partial charge in [-0.15, -0.1) is 0 Å². The summed E-state index contributed by atoms with van der Waals surface area (Å²) in [4.78, 5) is 25.0. The molecule has 1 saturated carbocycles. The Morgan fingerprint density at radius 2 is 1.62 bits per heavy atom. The van der Waals surface area contributed by atoms with Crippen molar-refractivity contribution in [2.45, 2.75) is 70.7 Å². The van der Waals surface area contributed by atoms with Gasteiger partial charge >= 0.3 is 12.2 Å². The second-order valence-electron chi connectivity index (χ2n) is 7.54. The number of hydrogen-bond donors (Lipinski definition) is 0. The van der Waals surface area contributed by atoms with Crippen LogP contribution in [0.5, 0.6) is 0 Å². The van der Waals surface area contributed by atoms with E-state index in [-0.39, 0.29) is 25.3 Å². The summed E-state index contributed by atoms with van der Waals surface area (Å²) in [5, 5.41) is 2.86. The first-order chi connectivity index (χ1) is 13.9. The van der Waals surface area contributed by atoms with E-state index < -0.39 is 18.0 Å². The zero-order valence-corrected chi connectivity index (χ0v) is 17.6. The van der Waals surface area contributed by atoms with Crippen LogP contribution < -0.4 is 0 Å². The van der Waals surface area contributed by atoms with E-state index in [1.165, 1.54) is 10.0 Å². The number of nitrogens with zero attached hydrogens (tertiary/aromatic N) is 2. The first-order valence-corrected chi connectivity index (χ1v) is 10.5. The van der Waals surface area contributed by atoms with Crippen LogP contribution in [0.25, 0.3) is 0 Å². The number of rotatable bonds is 7. The Labute approximate surface area is 172 Å². The van der Waals surface area contributed by atoms with Crippen molar-refractivity contribution in [2.24, 2.45) is 0 Å². The van der Waals surface area contributed by atoms with Crippen molar-refractivity contribution in [1.29, 1.82) is 0 Å². The minimum absolute atomic E-state index is 0.148. The van der Waals surface area contributed by atoms with E-state index in [2.05, 4.69) is 12.7 Å². The predicted molar refractivity (Wildman–Crippen MR) is 106 cm³/mol. The lowest BCUT2D eigenvalue weighted by molar-refractivity contribution is -0.111. The van der Waals surface area contributed by atoms with Gasteiger partial charge in [0, 0.05) is 0 Å². The summed E-state index contributed by atoms with van der Waals surface area (Å²) in [5.41, 5.74) is 2.03. The Hall–Kier alpha value is -2.06. The van der Waals surface area contributed by atoms with Gasteiger partial charge in [0.15, 0.2) is 5.79 Å². The summed E-state index contributed by atoms with van der Waals surface area (Å²) >= 11 is 0. The summed E-state index contributed by atoms with van der Waals surface area (Å²) < 4.78 is 21.7. The maximum atomic E-state index is 12.5. The van der Waals surface area contributed by atoms with Crippen molar-refractivity contribution in [1.82, 2.24) is 10.0 Å². The summed E-state index contributed by atoms with van der Waals surface area (Å²) in [7, 11) is 0. The molecule has 0 aromatic carbocycles. The summed E-state index contributed by atoms with van der Waals surface area (Å²) in [5.74, 6) is -0.680. The number of fused-ring (bicyclic) bond motifs is 2. The molecule has 8 nitrogen and oxygen atoms in total. The van der Waals surface area contributed by atoms with Crippen LogP contribution in [0.2, 0.25) is 0 Å². The molecule has 2 atom stereocenters. The van der Waals surface area contributed by atoms with Gasteiger partial charge in [-0.2, -0.15) is 0 Å². The molecule has 0 N–H and O–H groups in total. The molecular formula is C21H32N2O6. The molecule has 2 amide bonds. The summed E-state index contributed by atoms with van der Waals surface area (Å²) in [6, 6.07) is -0.295. The molecule has 2 heterocycles. The van der Waals surface area contributed by atoms with Gasteiger partial charge in [0.1, 0.15) is 0 Å². The number of hydrogen-bond acceptors (Lipinski definition) is 6. The second kappa shape index (κ2) is 9.17. The fourth-order valence-corrected chi connectivity index (χ4v) is 4.31. The highest BCUT2D eigenvalue weighted by atomic mass is 16.7. The fourth-order valence-electron chi connectivity index (χ4n) is 4.31. The molecule has 3 fully saturated rings. The highest BCUT2D eigenvalue weighted by Crippen LogP contribution is 2.43. The van der Waals surface area contributed by atoms with Crippen LogP contribution in [0.1, 0.15) is 52.9 Å². The normalized spacial score (nSPS) is 26.2. The van der Waals surface area contributed by atoms with E-state index in [4.69, 9.17) is 18.9 Å². The van der Waals surface area contributed by atoms with Gasteiger partial charge in [-0.3, -0.25) is 0 Å². The van der Waals surface area contributed by atoms with Crippen LogP contribution >= 0.6 is 0 Å². The molecule has 0 aromatic rings. The highest BCUT2D eigenvalue weighted by Gasteiger charge is 2.54. The van der Waals surface area contributed by atoms with Gasteiger partial charge in [-0.1, -0.05) is 12.7 Å². The van der Waals surface area contributed by atoms with Crippen LogP contribution in [-0.4, -0.2) is 66.5 Å². The Balaban J connectivity index is 1.65. The molecule has 3 rings (SSSR count). The number of carbonyl (C=O) groups excluding carboxylic acids is 2. The minimum Gasteiger partial charge on any atom is -0.448 e. The van der Waals surface area contributed by atoms with E-state index in [1.807, 2.05) is 6.92 Å². The lowest BCUT2D eigenvalue weighted by Crippen LogP contribution is -2.53. The van der Waals surface area contributed by atoms with Crippen LogP contribution in [0.3, 0.4) is 0 Å². The topological polar surface area (TPSA) is 77.5 Å². The largest absolute Gasteiger partial charge is 0.448 e. The molecule has 8 heteroatoms. The van der Waals surface area contributed by atoms with E-state index in [0.717, 1.165) is 43.3 Å². The van der Waals surface area contributed by atoms with Crippen LogP contribution in [0, 0.1) is 0 Å². The van der Waals surface area contributed by atoms with E-state index >= 15 is 0 Å². The lowest BCUT2D eigenvalue weighted by Gasteiger charge is -2.35. The third-order valence-corrected chi connectivity index (χ3v) is 5.76. The van der Waals surface area contributed by atoms with Crippen LogP contribution in [0.4, 0.5) is 9.59 Å². The number of ether oxygens (including phenoxy) is 4.